The summed E-state index contributed by atoms with van der Waals surface area (Å²) in [6.07, 6.45) is 4.26. The number of ether oxygens (including phenoxy) is 1. The third kappa shape index (κ3) is 4.77. The fourth-order valence-electron chi connectivity index (χ4n) is 3.49. The summed E-state index contributed by atoms with van der Waals surface area (Å²) in [6, 6.07) is 12.8. The molecule has 0 radical (unpaired) electrons. The lowest BCUT2D eigenvalue weighted by Gasteiger charge is -2.08. The van der Waals surface area contributed by atoms with E-state index in [4.69, 9.17) is 9.72 Å². The Morgan fingerprint density at radius 3 is 2.93 bits per heavy atom. The molecule has 1 aliphatic carbocycles. The first kappa shape index (κ1) is 19.5. The highest BCUT2D eigenvalue weighted by Crippen LogP contribution is 2.22. The normalized spacial score (nSPS) is 13.6. The van der Waals surface area contributed by atoms with Crippen molar-refractivity contribution in [3.8, 4) is 5.75 Å². The van der Waals surface area contributed by atoms with E-state index in [0.717, 1.165) is 47.6 Å². The summed E-state index contributed by atoms with van der Waals surface area (Å²) in [7, 11) is 1.64. The molecule has 2 aromatic carbocycles. The molecule has 1 heterocycles. The zero-order chi connectivity index (χ0) is 20.2. The molecule has 152 valence electrons. The van der Waals surface area contributed by atoms with Crippen molar-refractivity contribution >= 4 is 16.9 Å². The lowest BCUT2D eigenvalue weighted by Crippen LogP contribution is -2.18. The summed E-state index contributed by atoms with van der Waals surface area (Å²) in [5.41, 5.74) is 4.64. The fraction of sp³-hybridized carbons (Fsp3) is 0.391. The number of H-pyrrole nitrogens is 1. The number of carbonyl (C=O) groups is 1. The molecule has 1 fully saturated rings. The van der Waals surface area contributed by atoms with Crippen molar-refractivity contribution in [2.75, 3.05) is 13.7 Å². The van der Waals surface area contributed by atoms with Crippen LogP contribution in [-0.2, 0) is 13.0 Å². The van der Waals surface area contributed by atoms with Crippen LogP contribution in [0.4, 0.5) is 0 Å². The van der Waals surface area contributed by atoms with E-state index in [2.05, 4.69) is 27.8 Å². The second kappa shape index (κ2) is 8.66. The molecule has 6 heteroatoms. The van der Waals surface area contributed by atoms with E-state index in [0.29, 0.717) is 18.2 Å². The van der Waals surface area contributed by atoms with Gasteiger partial charge >= 0.3 is 0 Å². The third-order valence-electron chi connectivity index (χ3n) is 5.33. The van der Waals surface area contributed by atoms with E-state index in [9.17, 15) is 4.79 Å². The predicted molar refractivity (Wildman–Crippen MR) is 114 cm³/mol. The van der Waals surface area contributed by atoms with Gasteiger partial charge in [-0.15, -0.1) is 0 Å². The average molecular weight is 393 g/mol. The van der Waals surface area contributed by atoms with Crippen LogP contribution in [0.15, 0.2) is 36.4 Å². The summed E-state index contributed by atoms with van der Waals surface area (Å²) in [5.74, 6) is 1.75. The van der Waals surface area contributed by atoms with Crippen LogP contribution in [0.2, 0.25) is 0 Å². The minimum absolute atomic E-state index is 0.0862. The zero-order valence-electron chi connectivity index (χ0n) is 17.0. The van der Waals surface area contributed by atoms with Crippen LogP contribution in [-0.4, -0.2) is 35.6 Å². The number of hydrogen-bond donors (Lipinski definition) is 3. The summed E-state index contributed by atoms with van der Waals surface area (Å²) in [5, 5.41) is 6.20. The van der Waals surface area contributed by atoms with Gasteiger partial charge in [0, 0.05) is 31.6 Å². The molecule has 0 saturated heterocycles. The van der Waals surface area contributed by atoms with Crippen molar-refractivity contribution in [3.05, 3.63) is 58.9 Å². The minimum atomic E-state index is -0.0862. The molecule has 29 heavy (non-hydrogen) atoms. The maximum Gasteiger partial charge on any atom is 0.251 e. The Bertz CT molecular complexity index is 1010. The number of rotatable bonds is 9. The van der Waals surface area contributed by atoms with Crippen LogP contribution >= 0.6 is 0 Å². The number of nitrogens with one attached hydrogen (secondary N) is 3. The second-order valence-corrected chi connectivity index (χ2v) is 7.65. The molecule has 1 saturated carbocycles. The number of aromatic amines is 1. The second-order valence-electron chi connectivity index (χ2n) is 7.65. The molecule has 1 aromatic heterocycles. The molecule has 6 nitrogen and oxygen atoms in total. The van der Waals surface area contributed by atoms with Gasteiger partial charge in [0.1, 0.15) is 11.6 Å². The smallest absolute Gasteiger partial charge is 0.251 e. The minimum Gasteiger partial charge on any atom is -0.494 e. The first-order chi connectivity index (χ1) is 14.1. The van der Waals surface area contributed by atoms with Crippen LogP contribution in [0.1, 0.15) is 46.6 Å². The van der Waals surface area contributed by atoms with Crippen molar-refractivity contribution < 1.29 is 9.53 Å². The Kier molecular flexibility index (Phi) is 5.81. The standard InChI is InChI=1S/C23H28N4O2/c1-15-19(23(28)24-2)10-11-20-22(15)27-21(26-20)7-4-12-29-18-6-3-5-16(13-18)14-25-17-8-9-17/h3,5-6,10-11,13,17,25H,4,7-9,12,14H2,1-2H3,(H,24,28)(H,26,27). The highest BCUT2D eigenvalue weighted by molar-refractivity contribution is 5.99. The van der Waals surface area contributed by atoms with Crippen molar-refractivity contribution in [3.63, 3.8) is 0 Å². The fourth-order valence-corrected chi connectivity index (χ4v) is 3.49. The van der Waals surface area contributed by atoms with Crippen LogP contribution < -0.4 is 15.4 Å². The number of benzene rings is 2. The average Bonchev–Trinajstić information content (AvgIpc) is 3.47. The lowest BCUT2D eigenvalue weighted by molar-refractivity contribution is 0.0962. The molecule has 3 aromatic rings. The van der Waals surface area contributed by atoms with Gasteiger partial charge < -0.3 is 20.4 Å². The van der Waals surface area contributed by atoms with E-state index in [1.165, 1.54) is 18.4 Å². The zero-order valence-corrected chi connectivity index (χ0v) is 17.0. The molecule has 0 bridgehead atoms. The van der Waals surface area contributed by atoms with E-state index in [1.807, 2.05) is 31.2 Å². The quantitative estimate of drug-likeness (QED) is 0.487. The molecular formula is C23H28N4O2. The molecule has 0 atom stereocenters. The lowest BCUT2D eigenvalue weighted by atomic mass is 10.1. The number of nitrogens with zero attached hydrogens (tertiary/aromatic N) is 1. The van der Waals surface area contributed by atoms with Gasteiger partial charge in [0.25, 0.3) is 5.91 Å². The summed E-state index contributed by atoms with van der Waals surface area (Å²) in [4.78, 5) is 20.0. The largest absolute Gasteiger partial charge is 0.494 e. The summed E-state index contributed by atoms with van der Waals surface area (Å²) < 4.78 is 5.93. The monoisotopic (exact) mass is 392 g/mol. The van der Waals surface area contributed by atoms with E-state index in [-0.39, 0.29) is 5.91 Å². The van der Waals surface area contributed by atoms with E-state index < -0.39 is 0 Å². The number of carbonyl (C=O) groups excluding carboxylic acids is 1. The van der Waals surface area contributed by atoms with Crippen LogP contribution in [0.5, 0.6) is 5.75 Å². The van der Waals surface area contributed by atoms with Gasteiger partial charge in [-0.3, -0.25) is 4.79 Å². The van der Waals surface area contributed by atoms with Gasteiger partial charge in [-0.2, -0.15) is 0 Å². The Labute approximate surface area is 171 Å². The van der Waals surface area contributed by atoms with Crippen molar-refractivity contribution in [1.82, 2.24) is 20.6 Å². The third-order valence-corrected chi connectivity index (χ3v) is 5.33. The van der Waals surface area contributed by atoms with Crippen molar-refractivity contribution in [2.45, 2.75) is 45.2 Å². The molecule has 3 N–H and O–H groups in total. The van der Waals surface area contributed by atoms with Crippen LogP contribution in [0.3, 0.4) is 0 Å². The van der Waals surface area contributed by atoms with Gasteiger partial charge in [0.2, 0.25) is 0 Å². The highest BCUT2D eigenvalue weighted by Gasteiger charge is 2.19. The Balaban J connectivity index is 1.31. The number of aryl methyl sites for hydroxylation is 2. The van der Waals surface area contributed by atoms with E-state index in [1.54, 1.807) is 7.05 Å². The molecule has 4 rings (SSSR count). The predicted octanol–water partition coefficient (Wildman–Crippen LogP) is 3.49. The Hall–Kier alpha value is -2.86. The molecule has 0 unspecified atom stereocenters. The molecule has 0 aliphatic heterocycles. The van der Waals surface area contributed by atoms with Gasteiger partial charge in [0.05, 0.1) is 17.6 Å². The van der Waals surface area contributed by atoms with Gasteiger partial charge in [-0.05, 0) is 61.6 Å². The highest BCUT2D eigenvalue weighted by atomic mass is 16.5. The topological polar surface area (TPSA) is 79.0 Å². The van der Waals surface area contributed by atoms with Crippen LogP contribution in [0.25, 0.3) is 11.0 Å². The van der Waals surface area contributed by atoms with E-state index >= 15 is 0 Å². The van der Waals surface area contributed by atoms with Gasteiger partial charge in [0.15, 0.2) is 0 Å². The maximum atomic E-state index is 12.0. The first-order valence-electron chi connectivity index (χ1n) is 10.3. The summed E-state index contributed by atoms with van der Waals surface area (Å²) in [6.45, 7) is 3.48. The van der Waals surface area contributed by atoms with Crippen molar-refractivity contribution in [2.24, 2.45) is 0 Å². The Morgan fingerprint density at radius 2 is 2.14 bits per heavy atom. The number of fused-ring (bicyclic) bond motifs is 1. The summed E-state index contributed by atoms with van der Waals surface area (Å²) >= 11 is 0. The number of aromatic nitrogens is 2. The molecule has 1 aliphatic rings. The SMILES string of the molecule is CNC(=O)c1ccc2[nH]c(CCCOc3cccc(CNC4CC4)c3)nc2c1C. The molecule has 0 spiro atoms. The maximum absolute atomic E-state index is 12.0. The van der Waals surface area contributed by atoms with Gasteiger partial charge in [-0.25, -0.2) is 4.98 Å². The number of imidazole rings is 1. The van der Waals surface area contributed by atoms with Crippen molar-refractivity contribution in [1.29, 1.82) is 0 Å². The van der Waals surface area contributed by atoms with Gasteiger partial charge in [-0.1, -0.05) is 12.1 Å². The number of hydrogen-bond acceptors (Lipinski definition) is 4. The first-order valence-corrected chi connectivity index (χ1v) is 10.3. The number of amides is 1. The molecule has 1 amide bonds. The van der Waals surface area contributed by atoms with Crippen LogP contribution in [0, 0.1) is 6.92 Å². The molecular weight excluding hydrogens is 364 g/mol. The Morgan fingerprint density at radius 1 is 1.28 bits per heavy atom.